The lowest BCUT2D eigenvalue weighted by molar-refractivity contribution is 0.253. The van der Waals surface area contributed by atoms with E-state index in [1.807, 2.05) is 18.2 Å². The standard InChI is InChI=1S/C13H16N2O2/c14-13(16)15(8-9-1-2-9)11-3-4-12-10(7-11)5-6-17-12/h3-4,7,9H,1-2,5-6,8H2,(H2,14,16). The van der Waals surface area contributed by atoms with Gasteiger partial charge in [0.1, 0.15) is 5.75 Å². The molecule has 1 aromatic carbocycles. The normalized spacial score (nSPS) is 17.4. The fourth-order valence-corrected chi connectivity index (χ4v) is 2.22. The second-order valence-electron chi connectivity index (χ2n) is 4.78. The van der Waals surface area contributed by atoms with Gasteiger partial charge in [0, 0.05) is 18.7 Å². The average molecular weight is 232 g/mol. The zero-order chi connectivity index (χ0) is 11.8. The van der Waals surface area contributed by atoms with Crippen LogP contribution in [0.1, 0.15) is 18.4 Å². The number of carbonyl (C=O) groups excluding carboxylic acids is 1. The predicted octanol–water partition coefficient (Wildman–Crippen LogP) is 1.92. The predicted molar refractivity (Wildman–Crippen MR) is 65.3 cm³/mol. The Morgan fingerprint density at radius 2 is 2.29 bits per heavy atom. The number of fused-ring (bicyclic) bond motifs is 1. The number of benzene rings is 1. The van der Waals surface area contributed by atoms with E-state index in [1.54, 1.807) is 4.90 Å². The Kier molecular flexibility index (Phi) is 2.42. The van der Waals surface area contributed by atoms with Crippen LogP contribution in [0, 0.1) is 5.92 Å². The molecule has 0 atom stereocenters. The first-order valence-corrected chi connectivity index (χ1v) is 6.07. The molecule has 2 N–H and O–H groups in total. The van der Waals surface area contributed by atoms with E-state index < -0.39 is 0 Å². The van der Waals surface area contributed by atoms with Crippen LogP contribution < -0.4 is 15.4 Å². The number of nitrogens with two attached hydrogens (primary N) is 1. The zero-order valence-electron chi connectivity index (χ0n) is 9.69. The Labute approximate surface area is 100 Å². The highest BCUT2D eigenvalue weighted by Crippen LogP contribution is 2.34. The highest BCUT2D eigenvalue weighted by molar-refractivity contribution is 5.91. The molecular weight excluding hydrogens is 216 g/mol. The highest BCUT2D eigenvalue weighted by atomic mass is 16.5. The second-order valence-corrected chi connectivity index (χ2v) is 4.78. The molecule has 1 heterocycles. The van der Waals surface area contributed by atoms with Crippen molar-refractivity contribution < 1.29 is 9.53 Å². The van der Waals surface area contributed by atoms with Gasteiger partial charge in [-0.05, 0) is 42.5 Å². The summed E-state index contributed by atoms with van der Waals surface area (Å²) in [4.78, 5) is 13.2. The molecule has 0 saturated heterocycles. The first-order valence-electron chi connectivity index (χ1n) is 6.07. The molecule has 1 fully saturated rings. The molecule has 1 aromatic rings. The van der Waals surface area contributed by atoms with Gasteiger partial charge in [0.05, 0.1) is 6.61 Å². The van der Waals surface area contributed by atoms with E-state index in [2.05, 4.69) is 0 Å². The van der Waals surface area contributed by atoms with Crippen LogP contribution in [0.15, 0.2) is 18.2 Å². The van der Waals surface area contributed by atoms with Crippen molar-refractivity contribution >= 4 is 11.7 Å². The molecule has 17 heavy (non-hydrogen) atoms. The number of hydrogen-bond donors (Lipinski definition) is 1. The van der Waals surface area contributed by atoms with Gasteiger partial charge >= 0.3 is 6.03 Å². The summed E-state index contributed by atoms with van der Waals surface area (Å²) in [5.41, 5.74) is 7.51. The minimum atomic E-state index is -0.365. The average Bonchev–Trinajstić information content (AvgIpc) is 3.01. The van der Waals surface area contributed by atoms with Crippen molar-refractivity contribution in [1.29, 1.82) is 0 Å². The monoisotopic (exact) mass is 232 g/mol. The fourth-order valence-electron chi connectivity index (χ4n) is 2.22. The molecule has 4 heteroatoms. The van der Waals surface area contributed by atoms with E-state index >= 15 is 0 Å². The van der Waals surface area contributed by atoms with Gasteiger partial charge < -0.3 is 10.5 Å². The Bertz CT molecular complexity index is 455. The van der Waals surface area contributed by atoms with Crippen LogP contribution in [0.3, 0.4) is 0 Å². The molecule has 2 aliphatic rings. The molecular formula is C13H16N2O2. The third-order valence-electron chi connectivity index (χ3n) is 3.39. The van der Waals surface area contributed by atoms with E-state index in [0.717, 1.165) is 31.0 Å². The van der Waals surface area contributed by atoms with Gasteiger partial charge in [-0.15, -0.1) is 0 Å². The van der Waals surface area contributed by atoms with Crippen molar-refractivity contribution in [3.8, 4) is 5.75 Å². The van der Waals surface area contributed by atoms with E-state index in [-0.39, 0.29) is 6.03 Å². The Morgan fingerprint density at radius 3 is 3.00 bits per heavy atom. The molecule has 0 radical (unpaired) electrons. The molecule has 4 nitrogen and oxygen atoms in total. The van der Waals surface area contributed by atoms with Gasteiger partial charge in [0.15, 0.2) is 0 Å². The van der Waals surface area contributed by atoms with Crippen molar-refractivity contribution in [2.45, 2.75) is 19.3 Å². The van der Waals surface area contributed by atoms with Gasteiger partial charge in [-0.25, -0.2) is 4.79 Å². The number of urea groups is 1. The minimum Gasteiger partial charge on any atom is -0.493 e. The van der Waals surface area contributed by atoms with E-state index in [1.165, 1.54) is 18.4 Å². The van der Waals surface area contributed by atoms with Crippen LogP contribution in [0.4, 0.5) is 10.5 Å². The number of hydrogen-bond acceptors (Lipinski definition) is 2. The summed E-state index contributed by atoms with van der Waals surface area (Å²) in [5.74, 6) is 1.57. The number of amides is 2. The summed E-state index contributed by atoms with van der Waals surface area (Å²) in [6.07, 6.45) is 3.33. The Hall–Kier alpha value is -1.71. The lowest BCUT2D eigenvalue weighted by Crippen LogP contribution is -2.37. The van der Waals surface area contributed by atoms with Crippen molar-refractivity contribution in [3.63, 3.8) is 0 Å². The number of rotatable bonds is 3. The number of primary amides is 1. The fraction of sp³-hybridized carbons (Fsp3) is 0.462. The van der Waals surface area contributed by atoms with Crippen LogP contribution in [0.25, 0.3) is 0 Å². The maximum Gasteiger partial charge on any atom is 0.319 e. The van der Waals surface area contributed by atoms with Crippen molar-refractivity contribution in [2.75, 3.05) is 18.1 Å². The molecule has 0 bridgehead atoms. The van der Waals surface area contributed by atoms with Gasteiger partial charge in [-0.2, -0.15) is 0 Å². The quantitative estimate of drug-likeness (QED) is 0.865. The number of nitrogens with zero attached hydrogens (tertiary/aromatic N) is 1. The molecule has 0 spiro atoms. The number of carbonyl (C=O) groups is 1. The molecule has 2 amide bonds. The second kappa shape index (κ2) is 3.95. The van der Waals surface area contributed by atoms with Crippen molar-refractivity contribution in [3.05, 3.63) is 23.8 Å². The van der Waals surface area contributed by atoms with Crippen molar-refractivity contribution in [2.24, 2.45) is 11.7 Å². The van der Waals surface area contributed by atoms with Crippen LogP contribution in [-0.2, 0) is 6.42 Å². The first kappa shape index (κ1) is 10.4. The maximum atomic E-state index is 11.5. The Balaban J connectivity index is 1.86. The number of anilines is 1. The zero-order valence-corrected chi connectivity index (χ0v) is 9.69. The summed E-state index contributed by atoms with van der Waals surface area (Å²) >= 11 is 0. The lowest BCUT2D eigenvalue weighted by Gasteiger charge is -2.20. The third kappa shape index (κ3) is 2.07. The van der Waals surface area contributed by atoms with Crippen LogP contribution in [0.5, 0.6) is 5.75 Å². The van der Waals surface area contributed by atoms with Gasteiger partial charge in [0.2, 0.25) is 0 Å². The first-order chi connectivity index (χ1) is 8.24. The van der Waals surface area contributed by atoms with Crippen LogP contribution >= 0.6 is 0 Å². The third-order valence-corrected chi connectivity index (χ3v) is 3.39. The van der Waals surface area contributed by atoms with Gasteiger partial charge in [0.25, 0.3) is 0 Å². The summed E-state index contributed by atoms with van der Waals surface area (Å²) in [6, 6.07) is 5.50. The molecule has 3 rings (SSSR count). The van der Waals surface area contributed by atoms with Gasteiger partial charge in [-0.1, -0.05) is 0 Å². The van der Waals surface area contributed by atoms with Crippen LogP contribution in [-0.4, -0.2) is 19.2 Å². The van der Waals surface area contributed by atoms with E-state index in [0.29, 0.717) is 5.92 Å². The van der Waals surface area contributed by atoms with E-state index in [4.69, 9.17) is 10.5 Å². The van der Waals surface area contributed by atoms with Crippen LogP contribution in [0.2, 0.25) is 0 Å². The molecule has 1 saturated carbocycles. The minimum absolute atomic E-state index is 0.365. The van der Waals surface area contributed by atoms with Gasteiger partial charge in [-0.3, -0.25) is 4.90 Å². The Morgan fingerprint density at radius 1 is 1.47 bits per heavy atom. The summed E-state index contributed by atoms with van der Waals surface area (Å²) in [6.45, 7) is 1.48. The van der Waals surface area contributed by atoms with Crippen molar-refractivity contribution in [1.82, 2.24) is 0 Å². The molecule has 1 aliphatic heterocycles. The summed E-state index contributed by atoms with van der Waals surface area (Å²) < 4.78 is 5.45. The van der Waals surface area contributed by atoms with E-state index in [9.17, 15) is 4.79 Å². The molecule has 0 unspecified atom stereocenters. The number of ether oxygens (including phenoxy) is 1. The summed E-state index contributed by atoms with van der Waals surface area (Å²) in [7, 11) is 0. The summed E-state index contributed by atoms with van der Waals surface area (Å²) in [5, 5.41) is 0. The molecule has 1 aliphatic carbocycles. The lowest BCUT2D eigenvalue weighted by atomic mass is 10.1. The smallest absolute Gasteiger partial charge is 0.319 e. The topological polar surface area (TPSA) is 55.6 Å². The molecule has 90 valence electrons. The maximum absolute atomic E-state index is 11.5. The SMILES string of the molecule is NC(=O)N(CC1CC1)c1ccc2c(c1)CCO2. The highest BCUT2D eigenvalue weighted by Gasteiger charge is 2.27. The largest absolute Gasteiger partial charge is 0.493 e. The molecule has 0 aromatic heterocycles.